The number of nitrogen functional groups attached to an aromatic ring is 1. The summed E-state index contributed by atoms with van der Waals surface area (Å²) in [6, 6.07) is 17.7. The van der Waals surface area contributed by atoms with Gasteiger partial charge in [-0.05, 0) is 49.2 Å². The molecule has 5 heteroatoms. The number of ketones is 1. The first-order chi connectivity index (χ1) is 14.0. The summed E-state index contributed by atoms with van der Waals surface area (Å²) >= 11 is 0. The number of hydrogen-bond acceptors (Lipinski definition) is 5. The zero-order valence-electron chi connectivity index (χ0n) is 16.5. The molecule has 0 atom stereocenters. The molecule has 4 aromatic rings. The van der Waals surface area contributed by atoms with Gasteiger partial charge in [-0.15, -0.1) is 0 Å². The highest BCUT2D eigenvalue weighted by molar-refractivity contribution is 6.01. The molecule has 29 heavy (non-hydrogen) atoms. The second-order valence-corrected chi connectivity index (χ2v) is 7.27. The summed E-state index contributed by atoms with van der Waals surface area (Å²) in [5, 5.41) is 4.28. The van der Waals surface area contributed by atoms with Crippen LogP contribution in [0.15, 0.2) is 65.2 Å². The molecule has 3 N–H and O–H groups in total. The minimum absolute atomic E-state index is 0.0158. The number of fused-ring (bicyclic) bond motifs is 1. The number of nitrogens with two attached hydrogens (primary N) is 1. The maximum absolute atomic E-state index is 12.9. The maximum atomic E-state index is 12.9. The third kappa shape index (κ3) is 3.99. The number of nitrogens with zero attached hydrogens (tertiary/aromatic N) is 1. The predicted molar refractivity (Wildman–Crippen MR) is 116 cm³/mol. The lowest BCUT2D eigenvalue weighted by Crippen LogP contribution is -2.06. The molecule has 0 aliphatic heterocycles. The van der Waals surface area contributed by atoms with Gasteiger partial charge in [-0.3, -0.25) is 4.79 Å². The summed E-state index contributed by atoms with van der Waals surface area (Å²) in [4.78, 5) is 17.0. The molecule has 0 aliphatic rings. The minimum Gasteiger partial charge on any atom is -0.453 e. The van der Waals surface area contributed by atoms with Crippen LogP contribution in [0.25, 0.3) is 11.0 Å². The molecule has 0 fully saturated rings. The lowest BCUT2D eigenvalue weighted by atomic mass is 10.0. The molecule has 2 heterocycles. The number of aryl methyl sites for hydroxylation is 2. The van der Waals surface area contributed by atoms with Crippen LogP contribution < -0.4 is 11.1 Å². The first kappa shape index (κ1) is 18.7. The van der Waals surface area contributed by atoms with Gasteiger partial charge in [0.05, 0.1) is 5.69 Å². The van der Waals surface area contributed by atoms with Gasteiger partial charge < -0.3 is 15.5 Å². The van der Waals surface area contributed by atoms with Crippen LogP contribution in [0.1, 0.15) is 32.8 Å². The van der Waals surface area contributed by atoms with Crippen molar-refractivity contribution in [2.24, 2.45) is 0 Å². The van der Waals surface area contributed by atoms with E-state index in [1.54, 1.807) is 6.20 Å². The van der Waals surface area contributed by atoms with E-state index in [-0.39, 0.29) is 5.78 Å². The first-order valence-corrected chi connectivity index (χ1v) is 9.56. The van der Waals surface area contributed by atoms with Crippen LogP contribution in [0.4, 0.5) is 11.5 Å². The number of carbonyl (C=O) groups is 1. The van der Waals surface area contributed by atoms with E-state index in [1.807, 2.05) is 62.4 Å². The highest BCUT2D eigenvalue weighted by Gasteiger charge is 2.18. The fourth-order valence-electron chi connectivity index (χ4n) is 3.48. The van der Waals surface area contributed by atoms with Crippen molar-refractivity contribution in [3.63, 3.8) is 0 Å². The Balaban J connectivity index is 1.50. The smallest absolute Gasteiger partial charge is 0.202 e. The zero-order chi connectivity index (χ0) is 20.4. The zero-order valence-corrected chi connectivity index (χ0v) is 16.5. The van der Waals surface area contributed by atoms with Crippen LogP contribution in [0.3, 0.4) is 0 Å². The molecule has 2 aromatic carbocycles. The molecular formula is C24H23N3O2. The summed E-state index contributed by atoms with van der Waals surface area (Å²) in [6.07, 6.45) is 1.95. The molecule has 0 saturated carbocycles. The normalized spacial score (nSPS) is 11.0. The van der Waals surface area contributed by atoms with Crippen LogP contribution in [0.2, 0.25) is 0 Å². The van der Waals surface area contributed by atoms with E-state index in [1.165, 1.54) is 0 Å². The Morgan fingerprint density at radius 2 is 1.90 bits per heavy atom. The Hall–Kier alpha value is -3.60. The Morgan fingerprint density at radius 1 is 1.07 bits per heavy atom. The number of Topliss-reactive ketones (excluding diaryl/α,β-unsaturated/α-hetero) is 1. The van der Waals surface area contributed by atoms with Crippen LogP contribution in [0.5, 0.6) is 0 Å². The Kier molecular flexibility index (Phi) is 5.04. The summed E-state index contributed by atoms with van der Waals surface area (Å²) in [6.45, 7) is 4.57. The van der Waals surface area contributed by atoms with Crippen LogP contribution >= 0.6 is 0 Å². The molecule has 0 saturated heterocycles. The molecule has 0 radical (unpaired) electrons. The predicted octanol–water partition coefficient (Wildman–Crippen LogP) is 5.06. The van der Waals surface area contributed by atoms with Gasteiger partial charge in [0, 0.05) is 30.1 Å². The summed E-state index contributed by atoms with van der Waals surface area (Å²) in [5.74, 6) is 0.893. The first-order valence-electron chi connectivity index (χ1n) is 9.56. The van der Waals surface area contributed by atoms with Gasteiger partial charge >= 0.3 is 0 Å². The van der Waals surface area contributed by atoms with E-state index in [4.69, 9.17) is 10.2 Å². The SMILES string of the molecule is Cc1ccc2oc(C(=O)Cc3cccc(CNc4cccnc4N)c3)c(C)c2c1. The van der Waals surface area contributed by atoms with Gasteiger partial charge in [0.1, 0.15) is 11.4 Å². The Bertz CT molecular complexity index is 1190. The van der Waals surface area contributed by atoms with Crippen molar-refractivity contribution >= 4 is 28.3 Å². The molecule has 0 aliphatic carbocycles. The van der Waals surface area contributed by atoms with Crippen LogP contribution in [-0.4, -0.2) is 10.8 Å². The number of hydrogen-bond donors (Lipinski definition) is 2. The van der Waals surface area contributed by atoms with Crippen molar-refractivity contribution in [3.8, 4) is 0 Å². The molecule has 5 nitrogen and oxygen atoms in total. The standard InChI is InChI=1S/C24H23N3O2/c1-15-8-9-22-19(11-15)16(2)23(29-22)21(28)13-17-5-3-6-18(12-17)14-27-20-7-4-10-26-24(20)25/h3-12,27H,13-14H2,1-2H3,(H2,25,26). The van der Waals surface area contributed by atoms with Gasteiger partial charge in [-0.1, -0.05) is 35.9 Å². The topological polar surface area (TPSA) is 81.2 Å². The van der Waals surface area contributed by atoms with Crippen molar-refractivity contribution in [3.05, 3.63) is 88.8 Å². The summed E-state index contributed by atoms with van der Waals surface area (Å²) in [5.41, 5.74) is 11.5. The molecule has 0 bridgehead atoms. The average Bonchev–Trinajstić information content (AvgIpc) is 3.04. The molecule has 4 rings (SSSR count). The fourth-order valence-corrected chi connectivity index (χ4v) is 3.48. The van der Waals surface area contributed by atoms with E-state index in [0.29, 0.717) is 24.5 Å². The maximum Gasteiger partial charge on any atom is 0.202 e. The van der Waals surface area contributed by atoms with Gasteiger partial charge in [0.2, 0.25) is 5.78 Å². The number of aromatic nitrogens is 1. The van der Waals surface area contributed by atoms with Crippen molar-refractivity contribution in [2.45, 2.75) is 26.8 Å². The van der Waals surface area contributed by atoms with Crippen LogP contribution in [0, 0.1) is 13.8 Å². The van der Waals surface area contributed by atoms with Gasteiger partial charge in [0.25, 0.3) is 0 Å². The Labute approximate surface area is 169 Å². The lowest BCUT2D eigenvalue weighted by Gasteiger charge is -2.09. The summed E-state index contributed by atoms with van der Waals surface area (Å²) in [7, 11) is 0. The van der Waals surface area contributed by atoms with E-state index in [0.717, 1.165) is 38.9 Å². The molecule has 146 valence electrons. The van der Waals surface area contributed by atoms with Crippen molar-refractivity contribution in [1.29, 1.82) is 0 Å². The van der Waals surface area contributed by atoms with E-state index < -0.39 is 0 Å². The van der Waals surface area contributed by atoms with E-state index >= 15 is 0 Å². The second-order valence-electron chi connectivity index (χ2n) is 7.27. The van der Waals surface area contributed by atoms with Crippen molar-refractivity contribution < 1.29 is 9.21 Å². The van der Waals surface area contributed by atoms with Crippen molar-refractivity contribution in [1.82, 2.24) is 4.98 Å². The number of benzene rings is 2. The van der Waals surface area contributed by atoms with Crippen molar-refractivity contribution in [2.75, 3.05) is 11.1 Å². The molecule has 0 unspecified atom stereocenters. The van der Waals surface area contributed by atoms with Gasteiger partial charge in [-0.2, -0.15) is 0 Å². The molecule has 0 spiro atoms. The summed E-state index contributed by atoms with van der Waals surface area (Å²) < 4.78 is 5.85. The fraction of sp³-hybridized carbons (Fsp3) is 0.167. The van der Waals surface area contributed by atoms with E-state index in [9.17, 15) is 4.79 Å². The number of carbonyl (C=O) groups excluding carboxylic acids is 1. The minimum atomic E-state index is -0.0158. The number of furan rings is 1. The monoisotopic (exact) mass is 385 g/mol. The number of nitrogens with one attached hydrogen (secondary N) is 1. The number of rotatable bonds is 6. The largest absolute Gasteiger partial charge is 0.453 e. The number of pyridine rings is 1. The average molecular weight is 385 g/mol. The molecular weight excluding hydrogens is 362 g/mol. The quantitative estimate of drug-likeness (QED) is 0.453. The Morgan fingerprint density at radius 3 is 2.72 bits per heavy atom. The highest BCUT2D eigenvalue weighted by atomic mass is 16.3. The van der Waals surface area contributed by atoms with Gasteiger partial charge in [-0.25, -0.2) is 4.98 Å². The van der Waals surface area contributed by atoms with Crippen LogP contribution in [-0.2, 0) is 13.0 Å². The highest BCUT2D eigenvalue weighted by Crippen LogP contribution is 2.27. The third-order valence-electron chi connectivity index (χ3n) is 5.02. The van der Waals surface area contributed by atoms with Gasteiger partial charge in [0.15, 0.2) is 5.76 Å². The lowest BCUT2D eigenvalue weighted by molar-refractivity contribution is 0.0967. The molecule has 2 aromatic heterocycles. The van der Waals surface area contributed by atoms with E-state index in [2.05, 4.69) is 16.4 Å². The molecule has 0 amide bonds. The third-order valence-corrected chi connectivity index (χ3v) is 5.02. The number of anilines is 2. The second kappa shape index (κ2) is 7.80.